The number of nitrogens with zero attached hydrogens (tertiary/aromatic N) is 2. The number of benzene rings is 4. The molecule has 0 radical (unpaired) electrons. The molecule has 0 aromatic heterocycles. The average Bonchev–Trinajstić information content (AvgIpc) is 3.59. The second-order valence-electron chi connectivity index (χ2n) is 11.6. The Morgan fingerprint density at radius 2 is 1.39 bits per heavy atom. The van der Waals surface area contributed by atoms with Crippen LogP contribution in [-0.2, 0) is 40.8 Å². The standard InChI is InChI=1S/C38H37N3O8/c1-5-48-35(44)37(36(45)49-6-2)32(26-16-18-27(19-17-26)33(42)47-4)41(28-20-22-29(46-3)23-21-28)38(39-37)30-14-10-11-15-31(30)40(34(38)43)24-25-12-8-7-9-13-25/h7-23,32,39H,5-6,24H2,1-4H3/t32-,38-/m0/s1. The Bertz CT molecular complexity index is 1840. The highest BCUT2D eigenvalue weighted by molar-refractivity contribution is 6.15. The van der Waals surface area contributed by atoms with E-state index in [1.54, 1.807) is 79.3 Å². The molecule has 11 heteroatoms. The molecule has 49 heavy (non-hydrogen) atoms. The van der Waals surface area contributed by atoms with Gasteiger partial charge in [-0.15, -0.1) is 0 Å². The molecule has 1 N–H and O–H groups in total. The van der Waals surface area contributed by atoms with Crippen molar-refractivity contribution in [1.82, 2.24) is 5.32 Å². The lowest BCUT2D eigenvalue weighted by molar-refractivity contribution is -0.166. The Labute approximate surface area is 284 Å². The first-order chi connectivity index (χ1) is 23.8. The van der Waals surface area contributed by atoms with E-state index in [1.807, 2.05) is 54.6 Å². The van der Waals surface area contributed by atoms with Crippen LogP contribution in [-0.4, -0.2) is 56.8 Å². The van der Waals surface area contributed by atoms with E-state index in [4.69, 9.17) is 18.9 Å². The molecule has 2 aliphatic heterocycles. The third-order valence-corrected chi connectivity index (χ3v) is 8.92. The molecule has 6 rings (SSSR count). The number of carbonyl (C=O) groups is 4. The second kappa shape index (κ2) is 13.4. The van der Waals surface area contributed by atoms with Crippen molar-refractivity contribution in [2.75, 3.05) is 37.2 Å². The number of hydrogen-bond donors (Lipinski definition) is 1. The first-order valence-electron chi connectivity index (χ1n) is 16.0. The molecule has 1 saturated heterocycles. The fourth-order valence-corrected chi connectivity index (χ4v) is 6.82. The molecular formula is C38H37N3O8. The van der Waals surface area contributed by atoms with Crippen LogP contribution in [0.1, 0.15) is 46.9 Å². The zero-order valence-electron chi connectivity index (χ0n) is 27.7. The predicted octanol–water partition coefficient (Wildman–Crippen LogP) is 4.90. The van der Waals surface area contributed by atoms with Gasteiger partial charge in [-0.05, 0) is 67.4 Å². The van der Waals surface area contributed by atoms with Gasteiger partial charge in [0.1, 0.15) is 5.75 Å². The highest BCUT2D eigenvalue weighted by Gasteiger charge is 2.74. The summed E-state index contributed by atoms with van der Waals surface area (Å²) < 4.78 is 21.7. The summed E-state index contributed by atoms with van der Waals surface area (Å²) in [5.74, 6) is -2.25. The van der Waals surface area contributed by atoms with Crippen molar-refractivity contribution in [3.05, 3.63) is 125 Å². The van der Waals surface area contributed by atoms with Crippen molar-refractivity contribution in [3.8, 4) is 5.75 Å². The Kier molecular flexibility index (Phi) is 9.11. The lowest BCUT2D eigenvalue weighted by Gasteiger charge is -2.39. The maximum absolute atomic E-state index is 15.3. The van der Waals surface area contributed by atoms with Crippen molar-refractivity contribution in [1.29, 1.82) is 0 Å². The fraction of sp³-hybridized carbons (Fsp3) is 0.263. The minimum atomic E-state index is -2.26. The van der Waals surface area contributed by atoms with Gasteiger partial charge in [0.15, 0.2) is 0 Å². The molecule has 2 atom stereocenters. The number of rotatable bonds is 10. The second-order valence-corrected chi connectivity index (χ2v) is 11.6. The predicted molar refractivity (Wildman–Crippen MR) is 181 cm³/mol. The van der Waals surface area contributed by atoms with E-state index in [0.29, 0.717) is 28.3 Å². The summed E-state index contributed by atoms with van der Waals surface area (Å²) in [7, 11) is 2.83. The Balaban J connectivity index is 1.68. The normalized spacial score (nSPS) is 19.0. The number of anilines is 2. The van der Waals surface area contributed by atoms with E-state index in [9.17, 15) is 14.4 Å². The minimum absolute atomic E-state index is 0.0458. The van der Waals surface area contributed by atoms with Crippen molar-refractivity contribution in [2.24, 2.45) is 0 Å². The van der Waals surface area contributed by atoms with Crippen LogP contribution in [0.2, 0.25) is 0 Å². The smallest absolute Gasteiger partial charge is 0.340 e. The number of para-hydroxylation sites is 1. The Hall–Kier alpha value is -5.68. The van der Waals surface area contributed by atoms with Gasteiger partial charge in [-0.25, -0.2) is 14.4 Å². The van der Waals surface area contributed by atoms with Gasteiger partial charge in [0.25, 0.3) is 5.91 Å². The van der Waals surface area contributed by atoms with Gasteiger partial charge in [-0.3, -0.25) is 10.1 Å². The molecular weight excluding hydrogens is 626 g/mol. The minimum Gasteiger partial charge on any atom is -0.497 e. The maximum Gasteiger partial charge on any atom is 0.340 e. The topological polar surface area (TPSA) is 124 Å². The molecule has 2 heterocycles. The third kappa shape index (κ3) is 5.36. The fourth-order valence-electron chi connectivity index (χ4n) is 6.82. The van der Waals surface area contributed by atoms with Gasteiger partial charge in [0.2, 0.25) is 11.2 Å². The van der Waals surface area contributed by atoms with E-state index in [0.717, 1.165) is 5.56 Å². The molecule has 252 valence electrons. The van der Waals surface area contributed by atoms with Crippen LogP contribution in [0.3, 0.4) is 0 Å². The zero-order chi connectivity index (χ0) is 34.8. The molecule has 0 saturated carbocycles. The zero-order valence-corrected chi connectivity index (χ0v) is 27.7. The number of methoxy groups -OCH3 is 2. The van der Waals surface area contributed by atoms with Crippen LogP contribution in [0.4, 0.5) is 11.4 Å². The molecule has 2 aliphatic rings. The molecule has 0 unspecified atom stereocenters. The van der Waals surface area contributed by atoms with E-state index < -0.39 is 41.1 Å². The van der Waals surface area contributed by atoms with Crippen LogP contribution in [0.15, 0.2) is 103 Å². The molecule has 4 aromatic carbocycles. The van der Waals surface area contributed by atoms with E-state index in [1.165, 1.54) is 7.11 Å². The number of esters is 3. The first-order valence-corrected chi connectivity index (χ1v) is 16.0. The van der Waals surface area contributed by atoms with Crippen LogP contribution in [0.5, 0.6) is 5.75 Å². The van der Waals surface area contributed by atoms with Crippen molar-refractivity contribution >= 4 is 35.2 Å². The molecule has 0 bridgehead atoms. The van der Waals surface area contributed by atoms with Crippen LogP contribution in [0, 0.1) is 0 Å². The van der Waals surface area contributed by atoms with E-state index in [-0.39, 0.29) is 25.3 Å². The van der Waals surface area contributed by atoms with Gasteiger partial charge in [-0.1, -0.05) is 60.7 Å². The third-order valence-electron chi connectivity index (χ3n) is 8.92. The number of nitrogens with one attached hydrogen (secondary N) is 1. The maximum atomic E-state index is 15.3. The van der Waals surface area contributed by atoms with Gasteiger partial charge in [0.05, 0.1) is 51.3 Å². The molecule has 1 amide bonds. The van der Waals surface area contributed by atoms with Crippen LogP contribution >= 0.6 is 0 Å². The SMILES string of the molecule is CCOC(=O)C1(C(=O)OCC)N[C@]2(C(=O)N(Cc3ccccc3)c3ccccc32)N(c2ccc(OC)cc2)[C@H]1c1ccc(C(=O)OC)cc1. The van der Waals surface area contributed by atoms with Gasteiger partial charge >= 0.3 is 17.9 Å². The number of carbonyl (C=O) groups excluding carboxylic acids is 4. The summed E-state index contributed by atoms with van der Waals surface area (Å²) in [5.41, 5.74) is -0.874. The van der Waals surface area contributed by atoms with Crippen molar-refractivity contribution < 1.29 is 38.1 Å². The first kappa shape index (κ1) is 33.2. The van der Waals surface area contributed by atoms with Crippen LogP contribution in [0.25, 0.3) is 0 Å². The van der Waals surface area contributed by atoms with E-state index >= 15 is 4.79 Å². The van der Waals surface area contributed by atoms with Gasteiger partial charge in [0, 0.05) is 11.3 Å². The van der Waals surface area contributed by atoms with Gasteiger partial charge < -0.3 is 28.7 Å². The average molecular weight is 664 g/mol. The van der Waals surface area contributed by atoms with Crippen LogP contribution < -0.4 is 19.9 Å². The molecule has 4 aromatic rings. The number of amides is 1. The summed E-state index contributed by atoms with van der Waals surface area (Å²) in [6, 6.07) is 29.0. The molecule has 0 aliphatic carbocycles. The summed E-state index contributed by atoms with van der Waals surface area (Å²) in [5, 5.41) is 3.31. The van der Waals surface area contributed by atoms with Crippen molar-refractivity contribution in [2.45, 2.75) is 37.6 Å². The van der Waals surface area contributed by atoms with Crippen molar-refractivity contribution in [3.63, 3.8) is 0 Å². The number of fused-ring (bicyclic) bond motifs is 2. The summed E-state index contributed by atoms with van der Waals surface area (Å²) in [6.45, 7) is 3.41. The van der Waals surface area contributed by atoms with E-state index in [2.05, 4.69) is 5.32 Å². The quantitative estimate of drug-likeness (QED) is 0.142. The number of hydrogen-bond acceptors (Lipinski definition) is 10. The van der Waals surface area contributed by atoms with Gasteiger partial charge in [-0.2, -0.15) is 0 Å². The molecule has 1 fully saturated rings. The largest absolute Gasteiger partial charge is 0.497 e. The Morgan fingerprint density at radius 1 is 0.776 bits per heavy atom. The highest BCUT2D eigenvalue weighted by Crippen LogP contribution is 2.56. The monoisotopic (exact) mass is 663 g/mol. The lowest BCUT2D eigenvalue weighted by atomic mass is 9.85. The number of ether oxygens (including phenoxy) is 4. The molecule has 1 spiro atoms. The lowest BCUT2D eigenvalue weighted by Crippen LogP contribution is -2.64. The summed E-state index contributed by atoms with van der Waals surface area (Å²) >= 11 is 0. The summed E-state index contributed by atoms with van der Waals surface area (Å²) in [6.07, 6.45) is 0. The Morgan fingerprint density at radius 3 is 1.98 bits per heavy atom. The molecule has 11 nitrogen and oxygen atoms in total. The highest BCUT2D eigenvalue weighted by atomic mass is 16.6. The summed E-state index contributed by atoms with van der Waals surface area (Å²) in [4.78, 5) is 60.1.